The van der Waals surface area contributed by atoms with Crippen LogP contribution in [0.4, 0.5) is 4.79 Å². The second-order valence-corrected chi connectivity index (χ2v) is 6.57. The summed E-state index contributed by atoms with van der Waals surface area (Å²) in [6, 6.07) is 16.4. The lowest BCUT2D eigenvalue weighted by atomic mass is 10.1. The molecule has 1 saturated heterocycles. The summed E-state index contributed by atoms with van der Waals surface area (Å²) in [5.41, 5.74) is 1.61. The molecule has 7 heteroatoms. The van der Waals surface area contributed by atoms with E-state index in [1.165, 1.54) is 0 Å². The zero-order chi connectivity index (χ0) is 20.6. The fraction of sp³-hybridized carbons (Fsp3) is 0.318. The van der Waals surface area contributed by atoms with Gasteiger partial charge in [-0.1, -0.05) is 12.1 Å². The smallest absolute Gasteiger partial charge is 0.410 e. The van der Waals surface area contributed by atoms with Crippen LogP contribution in [0.5, 0.6) is 11.5 Å². The summed E-state index contributed by atoms with van der Waals surface area (Å²) >= 11 is 0. The molecule has 0 spiro atoms. The van der Waals surface area contributed by atoms with Crippen LogP contribution in [-0.2, 0) is 20.7 Å². The lowest BCUT2D eigenvalue weighted by Gasteiger charge is -2.21. The van der Waals surface area contributed by atoms with Crippen LogP contribution in [0.25, 0.3) is 0 Å². The minimum Gasteiger partial charge on any atom is -0.466 e. The van der Waals surface area contributed by atoms with Gasteiger partial charge in [-0.25, -0.2) is 4.79 Å². The van der Waals surface area contributed by atoms with E-state index in [1.54, 1.807) is 36.1 Å². The summed E-state index contributed by atoms with van der Waals surface area (Å²) in [5.74, 6) is 1.00. The molecule has 0 unspecified atom stereocenters. The van der Waals surface area contributed by atoms with Crippen LogP contribution in [0, 0.1) is 11.3 Å². The number of esters is 1. The molecule has 1 fully saturated rings. The van der Waals surface area contributed by atoms with Gasteiger partial charge in [0.2, 0.25) is 0 Å². The van der Waals surface area contributed by atoms with E-state index < -0.39 is 6.09 Å². The largest absolute Gasteiger partial charge is 0.466 e. The molecule has 0 aromatic heterocycles. The highest BCUT2D eigenvalue weighted by molar-refractivity contribution is 5.73. The van der Waals surface area contributed by atoms with E-state index in [1.807, 2.05) is 24.3 Å². The Morgan fingerprint density at radius 2 is 1.83 bits per heavy atom. The van der Waals surface area contributed by atoms with Crippen LogP contribution in [0.15, 0.2) is 48.5 Å². The Morgan fingerprint density at radius 1 is 1.17 bits per heavy atom. The summed E-state index contributed by atoms with van der Waals surface area (Å²) in [6.45, 7) is 2.65. The summed E-state index contributed by atoms with van der Waals surface area (Å²) in [5, 5.41) is 8.84. The number of amides is 1. The van der Waals surface area contributed by atoms with Gasteiger partial charge in [-0.05, 0) is 55.3 Å². The number of cyclic esters (lactones) is 1. The standard InChI is InChI=1S/C22H22N2O5/c1-2-27-21(25)11-12-24-18(15-28-22(24)26)13-16-3-7-19(8-4-16)29-20-9-5-17(14-23)6-10-20/h3-10,18H,2,11-13,15H2,1H3/t18-/m0/s1. The van der Waals surface area contributed by atoms with Crippen molar-refractivity contribution in [2.45, 2.75) is 25.8 Å². The van der Waals surface area contributed by atoms with Gasteiger partial charge in [-0.3, -0.25) is 4.79 Å². The minimum absolute atomic E-state index is 0.123. The molecule has 2 aromatic rings. The lowest BCUT2D eigenvalue weighted by molar-refractivity contribution is -0.143. The quantitative estimate of drug-likeness (QED) is 0.635. The fourth-order valence-electron chi connectivity index (χ4n) is 3.08. The van der Waals surface area contributed by atoms with Crippen LogP contribution < -0.4 is 4.74 Å². The van der Waals surface area contributed by atoms with Crippen LogP contribution in [0.1, 0.15) is 24.5 Å². The van der Waals surface area contributed by atoms with Gasteiger partial charge in [-0.2, -0.15) is 5.26 Å². The van der Waals surface area contributed by atoms with E-state index in [2.05, 4.69) is 6.07 Å². The van der Waals surface area contributed by atoms with E-state index in [0.29, 0.717) is 36.7 Å². The van der Waals surface area contributed by atoms with Gasteiger partial charge in [0.25, 0.3) is 0 Å². The maximum atomic E-state index is 12.0. The zero-order valence-corrected chi connectivity index (χ0v) is 16.2. The number of rotatable bonds is 8. The van der Waals surface area contributed by atoms with Crippen molar-refractivity contribution in [1.82, 2.24) is 4.90 Å². The molecule has 0 radical (unpaired) electrons. The van der Waals surface area contributed by atoms with E-state index in [0.717, 1.165) is 5.56 Å². The number of nitriles is 1. The SMILES string of the molecule is CCOC(=O)CCN1C(=O)OC[C@@H]1Cc1ccc(Oc2ccc(C#N)cc2)cc1. The van der Waals surface area contributed by atoms with Crippen LogP contribution in [-0.4, -0.2) is 42.8 Å². The Bertz CT molecular complexity index is 887. The summed E-state index contributed by atoms with van der Waals surface area (Å²) < 4.78 is 15.8. The maximum Gasteiger partial charge on any atom is 0.410 e. The van der Waals surface area contributed by atoms with E-state index in [9.17, 15) is 9.59 Å². The van der Waals surface area contributed by atoms with Gasteiger partial charge in [0.1, 0.15) is 18.1 Å². The third-order valence-corrected chi connectivity index (χ3v) is 4.55. The molecule has 0 aliphatic carbocycles. The van der Waals surface area contributed by atoms with E-state index >= 15 is 0 Å². The molecule has 0 N–H and O–H groups in total. The second kappa shape index (κ2) is 9.60. The number of carbonyl (C=O) groups excluding carboxylic acids is 2. The first kappa shape index (κ1) is 20.2. The van der Waals surface area contributed by atoms with Crippen molar-refractivity contribution < 1.29 is 23.8 Å². The average molecular weight is 394 g/mol. The molecule has 0 bridgehead atoms. The molecular formula is C22H22N2O5. The summed E-state index contributed by atoms with van der Waals surface area (Å²) in [6.07, 6.45) is 0.364. The van der Waals surface area contributed by atoms with Gasteiger partial charge >= 0.3 is 12.1 Å². The third kappa shape index (κ3) is 5.48. The predicted molar refractivity (Wildman–Crippen MR) is 104 cm³/mol. The van der Waals surface area contributed by atoms with Gasteiger partial charge < -0.3 is 19.1 Å². The first-order valence-corrected chi connectivity index (χ1v) is 9.45. The van der Waals surface area contributed by atoms with E-state index in [-0.39, 0.29) is 25.0 Å². The second-order valence-electron chi connectivity index (χ2n) is 6.57. The molecule has 2 aromatic carbocycles. The molecule has 150 valence electrons. The maximum absolute atomic E-state index is 12.0. The van der Waals surface area contributed by atoms with Crippen LogP contribution in [0.3, 0.4) is 0 Å². The topological polar surface area (TPSA) is 88.9 Å². The van der Waals surface area contributed by atoms with Crippen LogP contribution in [0.2, 0.25) is 0 Å². The highest BCUT2D eigenvalue weighted by atomic mass is 16.6. The Hall–Kier alpha value is -3.53. The Balaban J connectivity index is 1.57. The molecule has 1 aliphatic heterocycles. The predicted octanol–water partition coefficient (Wildman–Crippen LogP) is 3.67. The fourth-order valence-corrected chi connectivity index (χ4v) is 3.08. The first-order chi connectivity index (χ1) is 14.1. The van der Waals surface area contributed by atoms with Crippen molar-refractivity contribution in [1.29, 1.82) is 5.26 Å². The average Bonchev–Trinajstić information content (AvgIpc) is 3.08. The first-order valence-electron chi connectivity index (χ1n) is 9.45. The molecule has 7 nitrogen and oxygen atoms in total. The van der Waals surface area contributed by atoms with Crippen molar-refractivity contribution in [3.63, 3.8) is 0 Å². The van der Waals surface area contributed by atoms with Crippen molar-refractivity contribution in [3.05, 3.63) is 59.7 Å². The third-order valence-electron chi connectivity index (χ3n) is 4.55. The molecule has 1 amide bonds. The van der Waals surface area contributed by atoms with Crippen molar-refractivity contribution in [2.24, 2.45) is 0 Å². The number of ether oxygens (including phenoxy) is 3. The van der Waals surface area contributed by atoms with Gasteiger partial charge in [-0.15, -0.1) is 0 Å². The highest BCUT2D eigenvalue weighted by Gasteiger charge is 2.33. The molecule has 0 saturated carbocycles. The molecule has 1 atom stereocenters. The molecule has 1 heterocycles. The van der Waals surface area contributed by atoms with Gasteiger partial charge in [0.15, 0.2) is 0 Å². The Morgan fingerprint density at radius 3 is 2.45 bits per heavy atom. The summed E-state index contributed by atoms with van der Waals surface area (Å²) in [7, 11) is 0. The Kier molecular flexibility index (Phi) is 6.69. The van der Waals surface area contributed by atoms with Crippen LogP contribution >= 0.6 is 0 Å². The lowest BCUT2D eigenvalue weighted by Crippen LogP contribution is -2.36. The zero-order valence-electron chi connectivity index (χ0n) is 16.2. The molecule has 1 aliphatic rings. The monoisotopic (exact) mass is 394 g/mol. The van der Waals surface area contributed by atoms with E-state index in [4.69, 9.17) is 19.5 Å². The molecular weight excluding hydrogens is 372 g/mol. The number of hydrogen-bond donors (Lipinski definition) is 0. The van der Waals surface area contributed by atoms with Crippen molar-refractivity contribution >= 4 is 12.1 Å². The number of hydrogen-bond acceptors (Lipinski definition) is 6. The molecule has 29 heavy (non-hydrogen) atoms. The minimum atomic E-state index is -0.403. The van der Waals surface area contributed by atoms with Gasteiger partial charge in [0.05, 0.1) is 30.7 Å². The number of nitrogens with zero attached hydrogens (tertiary/aromatic N) is 2. The van der Waals surface area contributed by atoms with Crippen molar-refractivity contribution in [2.75, 3.05) is 19.8 Å². The summed E-state index contributed by atoms with van der Waals surface area (Å²) in [4.78, 5) is 25.1. The normalized spacial score (nSPS) is 15.5. The van der Waals surface area contributed by atoms with Crippen molar-refractivity contribution in [3.8, 4) is 17.6 Å². The van der Waals surface area contributed by atoms with Gasteiger partial charge in [0, 0.05) is 6.54 Å². The highest BCUT2D eigenvalue weighted by Crippen LogP contribution is 2.24. The Labute approximate surface area is 169 Å². The number of benzene rings is 2. The number of carbonyl (C=O) groups is 2. The molecule has 3 rings (SSSR count).